The number of anilines is 2. The number of nitrogen functional groups attached to an aromatic ring is 1. The summed E-state index contributed by atoms with van der Waals surface area (Å²) in [6.45, 7) is 0. The van der Waals surface area contributed by atoms with E-state index in [9.17, 15) is 4.79 Å². The first kappa shape index (κ1) is 14.6. The molecule has 0 saturated heterocycles. The summed E-state index contributed by atoms with van der Waals surface area (Å²) in [4.78, 5) is 12.1. The van der Waals surface area contributed by atoms with Crippen molar-refractivity contribution in [2.75, 3.05) is 11.1 Å². The molecular weight excluding hydrogens is 442 g/mol. The summed E-state index contributed by atoms with van der Waals surface area (Å²) >= 11 is 11.3. The van der Waals surface area contributed by atoms with E-state index in [0.29, 0.717) is 16.3 Å². The molecule has 0 spiro atoms. The molecule has 6 heteroatoms. The Morgan fingerprint density at radius 3 is 2.63 bits per heavy atom. The fraction of sp³-hybridized carbons (Fsp3) is 0. The Kier molecular flexibility index (Phi) is 4.70. The predicted octanol–water partition coefficient (Wildman–Crippen LogP) is 4.54. The zero-order chi connectivity index (χ0) is 14.0. The van der Waals surface area contributed by atoms with Crippen LogP contribution in [0, 0.1) is 3.57 Å². The lowest BCUT2D eigenvalue weighted by atomic mass is 10.2. The van der Waals surface area contributed by atoms with Gasteiger partial charge in [-0.1, -0.05) is 11.6 Å². The van der Waals surface area contributed by atoms with E-state index in [-0.39, 0.29) is 5.91 Å². The largest absolute Gasteiger partial charge is 0.398 e. The van der Waals surface area contributed by atoms with Gasteiger partial charge in [-0.15, -0.1) is 0 Å². The Labute approximate surface area is 137 Å². The van der Waals surface area contributed by atoms with Crippen LogP contribution in [0.25, 0.3) is 0 Å². The van der Waals surface area contributed by atoms with Crippen LogP contribution in [0.1, 0.15) is 10.4 Å². The van der Waals surface area contributed by atoms with Gasteiger partial charge in [-0.3, -0.25) is 4.79 Å². The maximum absolute atomic E-state index is 12.1. The lowest BCUT2D eigenvalue weighted by Gasteiger charge is -2.08. The third-order valence-corrected chi connectivity index (χ3v) is 4.29. The summed E-state index contributed by atoms with van der Waals surface area (Å²) in [6.07, 6.45) is 0. The molecule has 0 bridgehead atoms. The summed E-state index contributed by atoms with van der Waals surface area (Å²) in [7, 11) is 0. The number of halogens is 3. The van der Waals surface area contributed by atoms with Gasteiger partial charge < -0.3 is 11.1 Å². The second kappa shape index (κ2) is 6.11. The first-order chi connectivity index (χ1) is 8.97. The molecule has 0 aromatic heterocycles. The van der Waals surface area contributed by atoms with Gasteiger partial charge in [0.2, 0.25) is 0 Å². The number of nitrogens with two attached hydrogens (primary N) is 1. The number of hydrogen-bond acceptors (Lipinski definition) is 2. The molecule has 0 atom stereocenters. The van der Waals surface area contributed by atoms with E-state index in [4.69, 9.17) is 17.3 Å². The molecule has 0 saturated carbocycles. The minimum atomic E-state index is -0.209. The van der Waals surface area contributed by atoms with Crippen molar-refractivity contribution in [3.05, 3.63) is 55.0 Å². The minimum Gasteiger partial charge on any atom is -0.398 e. The van der Waals surface area contributed by atoms with Gasteiger partial charge in [-0.2, -0.15) is 0 Å². The number of benzene rings is 2. The fourth-order valence-electron chi connectivity index (χ4n) is 1.47. The molecule has 3 nitrogen and oxygen atoms in total. The predicted molar refractivity (Wildman–Crippen MR) is 90.7 cm³/mol. The maximum atomic E-state index is 12.1. The molecule has 0 aliphatic heterocycles. The summed E-state index contributed by atoms with van der Waals surface area (Å²) in [6, 6.07) is 10.4. The molecule has 0 radical (unpaired) electrons. The lowest BCUT2D eigenvalue weighted by Crippen LogP contribution is -2.13. The van der Waals surface area contributed by atoms with Crippen LogP contribution in [0.3, 0.4) is 0 Å². The van der Waals surface area contributed by atoms with E-state index in [1.165, 1.54) is 0 Å². The van der Waals surface area contributed by atoms with Crippen LogP contribution in [0.2, 0.25) is 5.02 Å². The summed E-state index contributed by atoms with van der Waals surface area (Å²) in [5, 5.41) is 3.46. The van der Waals surface area contributed by atoms with E-state index in [0.717, 1.165) is 13.7 Å². The third kappa shape index (κ3) is 3.61. The first-order valence-electron chi connectivity index (χ1n) is 5.29. The summed E-state index contributed by atoms with van der Waals surface area (Å²) in [5.74, 6) is -0.209. The number of rotatable bonds is 2. The van der Waals surface area contributed by atoms with Crippen LogP contribution in [-0.4, -0.2) is 5.91 Å². The average molecular weight is 451 g/mol. The topological polar surface area (TPSA) is 55.1 Å². The fourth-order valence-corrected chi connectivity index (χ4v) is 2.72. The van der Waals surface area contributed by atoms with E-state index in [1.54, 1.807) is 36.4 Å². The van der Waals surface area contributed by atoms with Crippen molar-refractivity contribution in [3.8, 4) is 0 Å². The van der Waals surface area contributed by atoms with Gasteiger partial charge in [-0.05, 0) is 74.9 Å². The zero-order valence-electron chi connectivity index (χ0n) is 9.58. The molecule has 0 fully saturated rings. The van der Waals surface area contributed by atoms with Crippen molar-refractivity contribution in [1.82, 2.24) is 0 Å². The highest BCUT2D eigenvalue weighted by Gasteiger charge is 2.09. The molecule has 0 aliphatic carbocycles. The third-order valence-electron chi connectivity index (χ3n) is 2.44. The SMILES string of the molecule is Nc1cc(C(=O)Nc2ccc(Cl)cc2I)ccc1Br. The van der Waals surface area contributed by atoms with Gasteiger partial charge in [0.05, 0.1) is 5.69 Å². The van der Waals surface area contributed by atoms with E-state index < -0.39 is 0 Å². The van der Waals surface area contributed by atoms with Crippen molar-refractivity contribution in [2.45, 2.75) is 0 Å². The quantitative estimate of drug-likeness (QED) is 0.520. The number of hydrogen-bond donors (Lipinski definition) is 2. The Bertz CT molecular complexity index is 649. The molecular formula is C13H9BrClIN2O. The Morgan fingerprint density at radius 1 is 1.26 bits per heavy atom. The van der Waals surface area contributed by atoms with Crippen molar-refractivity contribution in [3.63, 3.8) is 0 Å². The van der Waals surface area contributed by atoms with Crippen molar-refractivity contribution in [1.29, 1.82) is 0 Å². The minimum absolute atomic E-state index is 0.209. The van der Waals surface area contributed by atoms with E-state index >= 15 is 0 Å². The molecule has 19 heavy (non-hydrogen) atoms. The zero-order valence-corrected chi connectivity index (χ0v) is 14.1. The molecule has 2 aromatic carbocycles. The molecule has 2 rings (SSSR count). The summed E-state index contributed by atoms with van der Waals surface area (Å²) in [5.41, 5.74) is 7.51. The van der Waals surface area contributed by atoms with Crippen LogP contribution in [0.4, 0.5) is 11.4 Å². The number of carbonyl (C=O) groups is 1. The van der Waals surface area contributed by atoms with Gasteiger partial charge >= 0.3 is 0 Å². The van der Waals surface area contributed by atoms with Crippen LogP contribution in [-0.2, 0) is 0 Å². The van der Waals surface area contributed by atoms with Crippen LogP contribution < -0.4 is 11.1 Å². The molecule has 98 valence electrons. The highest BCUT2D eigenvalue weighted by atomic mass is 127. The van der Waals surface area contributed by atoms with Crippen molar-refractivity contribution in [2.24, 2.45) is 0 Å². The Hall–Kier alpha value is -0.790. The standard InChI is InChI=1S/C13H9BrClIN2O/c14-9-3-1-7(5-11(9)17)13(19)18-12-4-2-8(15)6-10(12)16/h1-6H,17H2,(H,18,19). The molecule has 3 N–H and O–H groups in total. The van der Waals surface area contributed by atoms with Crippen molar-refractivity contribution >= 4 is 67.4 Å². The second-order valence-corrected chi connectivity index (χ2v) is 6.27. The Morgan fingerprint density at radius 2 is 2.00 bits per heavy atom. The highest BCUT2D eigenvalue weighted by Crippen LogP contribution is 2.24. The number of carbonyl (C=O) groups excluding carboxylic acids is 1. The van der Waals surface area contributed by atoms with Crippen molar-refractivity contribution < 1.29 is 4.79 Å². The molecule has 0 aliphatic rings. The smallest absolute Gasteiger partial charge is 0.255 e. The molecule has 1 amide bonds. The van der Waals surface area contributed by atoms with Gasteiger partial charge in [-0.25, -0.2) is 0 Å². The first-order valence-corrected chi connectivity index (χ1v) is 7.54. The van der Waals surface area contributed by atoms with Gasteiger partial charge in [0.15, 0.2) is 0 Å². The molecule has 2 aromatic rings. The second-order valence-electron chi connectivity index (χ2n) is 3.81. The monoisotopic (exact) mass is 450 g/mol. The van der Waals surface area contributed by atoms with Gasteiger partial charge in [0.1, 0.15) is 0 Å². The van der Waals surface area contributed by atoms with E-state index in [2.05, 4.69) is 43.8 Å². The molecule has 0 heterocycles. The van der Waals surface area contributed by atoms with Gasteiger partial charge in [0.25, 0.3) is 5.91 Å². The van der Waals surface area contributed by atoms with Crippen LogP contribution >= 0.6 is 50.1 Å². The Balaban J connectivity index is 2.23. The molecule has 0 unspecified atom stereocenters. The number of nitrogens with one attached hydrogen (secondary N) is 1. The average Bonchev–Trinajstić information content (AvgIpc) is 2.36. The maximum Gasteiger partial charge on any atom is 0.255 e. The lowest BCUT2D eigenvalue weighted by molar-refractivity contribution is 0.102. The summed E-state index contributed by atoms with van der Waals surface area (Å²) < 4.78 is 1.65. The van der Waals surface area contributed by atoms with Gasteiger partial charge in [0, 0.05) is 24.3 Å². The van der Waals surface area contributed by atoms with E-state index in [1.807, 2.05) is 0 Å². The van der Waals surface area contributed by atoms with Crippen LogP contribution in [0.15, 0.2) is 40.9 Å². The van der Waals surface area contributed by atoms with Crippen LogP contribution in [0.5, 0.6) is 0 Å². The number of amides is 1. The normalized spacial score (nSPS) is 10.3. The highest BCUT2D eigenvalue weighted by molar-refractivity contribution is 14.1.